The highest BCUT2D eigenvalue weighted by Crippen LogP contribution is 2.20. The Morgan fingerprint density at radius 1 is 1.04 bits per heavy atom. The van der Waals surface area contributed by atoms with Gasteiger partial charge in [-0.05, 0) is 41.5 Å². The van der Waals surface area contributed by atoms with Crippen LogP contribution in [0.2, 0.25) is 0 Å². The van der Waals surface area contributed by atoms with Gasteiger partial charge in [0.2, 0.25) is 0 Å². The molecule has 0 aromatic heterocycles. The zero-order chi connectivity index (χ0) is 17.8. The molecule has 0 fully saturated rings. The number of carbonyl (C=O) groups is 1. The highest BCUT2D eigenvalue weighted by atomic mass is 19.1. The predicted octanol–water partition coefficient (Wildman–Crippen LogP) is 4.37. The fraction of sp³-hybridized carbons (Fsp3) is 0.150. The molecule has 3 nitrogen and oxygen atoms in total. The second kappa shape index (κ2) is 7.30. The van der Waals surface area contributed by atoms with Gasteiger partial charge in [0.25, 0.3) is 5.91 Å². The quantitative estimate of drug-likeness (QED) is 0.748. The summed E-state index contributed by atoms with van der Waals surface area (Å²) in [6.45, 7) is 1.51. The highest BCUT2D eigenvalue weighted by Gasteiger charge is 2.12. The molecule has 3 aromatic rings. The van der Waals surface area contributed by atoms with E-state index in [1.54, 1.807) is 0 Å². The van der Waals surface area contributed by atoms with Gasteiger partial charge in [-0.25, -0.2) is 8.78 Å². The van der Waals surface area contributed by atoms with Gasteiger partial charge < -0.3 is 10.1 Å². The zero-order valence-electron chi connectivity index (χ0n) is 13.6. The first-order valence-corrected chi connectivity index (χ1v) is 7.89. The summed E-state index contributed by atoms with van der Waals surface area (Å²) in [5, 5.41) is 5.02. The number of carbonyl (C=O) groups excluding carboxylic acids is 1. The van der Waals surface area contributed by atoms with Crippen LogP contribution in [0, 0.1) is 11.6 Å². The van der Waals surface area contributed by atoms with Crippen LogP contribution < -0.4 is 10.1 Å². The van der Waals surface area contributed by atoms with Crippen molar-refractivity contribution in [1.82, 2.24) is 5.32 Å². The molecule has 1 N–H and O–H groups in total. The Balaban J connectivity index is 1.61. The van der Waals surface area contributed by atoms with E-state index in [4.69, 9.17) is 4.74 Å². The van der Waals surface area contributed by atoms with Crippen LogP contribution in [0.5, 0.6) is 5.75 Å². The molecule has 0 saturated carbocycles. The average molecular weight is 341 g/mol. The fourth-order valence-corrected chi connectivity index (χ4v) is 2.58. The summed E-state index contributed by atoms with van der Waals surface area (Å²) in [5.41, 5.74) is 0.958. The van der Waals surface area contributed by atoms with Crippen molar-refractivity contribution in [2.45, 2.75) is 13.0 Å². The normalized spacial score (nSPS) is 12.0. The Labute approximate surface area is 144 Å². The van der Waals surface area contributed by atoms with Crippen molar-refractivity contribution in [2.75, 3.05) is 6.61 Å². The third kappa shape index (κ3) is 4.12. The molecule has 128 valence electrons. The number of nitrogens with one attached hydrogen (secondary N) is 1. The molecule has 0 bridgehead atoms. The summed E-state index contributed by atoms with van der Waals surface area (Å²) in [4.78, 5) is 12.0. The maximum Gasteiger partial charge on any atom is 0.258 e. The van der Waals surface area contributed by atoms with E-state index in [0.717, 1.165) is 28.5 Å². The van der Waals surface area contributed by atoms with E-state index in [1.165, 1.54) is 0 Å². The minimum atomic E-state index is -0.838. The van der Waals surface area contributed by atoms with Crippen molar-refractivity contribution in [3.63, 3.8) is 0 Å². The molecule has 3 aromatic carbocycles. The highest BCUT2D eigenvalue weighted by molar-refractivity contribution is 5.83. The van der Waals surface area contributed by atoms with Crippen molar-refractivity contribution in [3.05, 3.63) is 77.9 Å². The lowest BCUT2D eigenvalue weighted by Gasteiger charge is -2.15. The summed E-state index contributed by atoms with van der Waals surface area (Å²) >= 11 is 0. The van der Waals surface area contributed by atoms with Gasteiger partial charge in [0.15, 0.2) is 18.2 Å². The maximum absolute atomic E-state index is 13.5. The van der Waals surface area contributed by atoms with Crippen LogP contribution in [0.4, 0.5) is 8.78 Å². The van der Waals surface area contributed by atoms with Crippen LogP contribution in [0.1, 0.15) is 18.5 Å². The number of hydrogen-bond acceptors (Lipinski definition) is 2. The average Bonchev–Trinajstić information content (AvgIpc) is 2.60. The van der Waals surface area contributed by atoms with Crippen LogP contribution in [0.3, 0.4) is 0 Å². The summed E-state index contributed by atoms with van der Waals surface area (Å²) in [5.74, 6) is -2.08. The Kier molecular flexibility index (Phi) is 4.93. The molecule has 1 amide bonds. The first-order chi connectivity index (χ1) is 12.0. The molecule has 0 spiro atoms. The second-order valence-electron chi connectivity index (χ2n) is 5.76. The van der Waals surface area contributed by atoms with Gasteiger partial charge in [-0.3, -0.25) is 4.79 Å². The first-order valence-electron chi connectivity index (χ1n) is 7.89. The van der Waals surface area contributed by atoms with Crippen molar-refractivity contribution in [1.29, 1.82) is 0 Å². The molecule has 0 saturated heterocycles. The number of hydrogen-bond donors (Lipinski definition) is 1. The molecule has 0 radical (unpaired) electrons. The van der Waals surface area contributed by atoms with E-state index >= 15 is 0 Å². The third-order valence-corrected chi connectivity index (χ3v) is 3.90. The van der Waals surface area contributed by atoms with Crippen LogP contribution >= 0.6 is 0 Å². The zero-order valence-corrected chi connectivity index (χ0v) is 13.6. The molecule has 1 unspecified atom stereocenters. The van der Waals surface area contributed by atoms with Crippen molar-refractivity contribution in [3.8, 4) is 5.75 Å². The molecule has 25 heavy (non-hydrogen) atoms. The van der Waals surface area contributed by atoms with E-state index < -0.39 is 11.6 Å². The number of benzene rings is 3. The van der Waals surface area contributed by atoms with Crippen molar-refractivity contribution in [2.24, 2.45) is 0 Å². The van der Waals surface area contributed by atoms with Crippen LogP contribution in [0.15, 0.2) is 60.7 Å². The lowest BCUT2D eigenvalue weighted by atomic mass is 10.0. The summed E-state index contributed by atoms with van der Waals surface area (Å²) < 4.78 is 31.4. The Morgan fingerprint density at radius 2 is 1.80 bits per heavy atom. The SMILES string of the molecule is CC(NC(=O)COc1ccc(F)cc1F)c1ccc2ccccc2c1. The Hall–Kier alpha value is -2.95. The van der Waals surface area contributed by atoms with E-state index in [9.17, 15) is 13.6 Å². The summed E-state index contributed by atoms with van der Waals surface area (Å²) in [6, 6.07) is 16.6. The minimum Gasteiger partial charge on any atom is -0.481 e. The van der Waals surface area contributed by atoms with Gasteiger partial charge in [-0.2, -0.15) is 0 Å². The smallest absolute Gasteiger partial charge is 0.258 e. The summed E-state index contributed by atoms with van der Waals surface area (Å²) in [7, 11) is 0. The van der Waals surface area contributed by atoms with E-state index in [-0.39, 0.29) is 24.3 Å². The van der Waals surface area contributed by atoms with Crippen LogP contribution in [-0.2, 0) is 4.79 Å². The number of fused-ring (bicyclic) bond motifs is 1. The van der Waals surface area contributed by atoms with Crippen LogP contribution in [0.25, 0.3) is 10.8 Å². The predicted molar refractivity (Wildman–Crippen MR) is 92.4 cm³/mol. The number of rotatable bonds is 5. The molecule has 3 rings (SSSR count). The summed E-state index contributed by atoms with van der Waals surface area (Å²) in [6.07, 6.45) is 0. The molecule has 0 heterocycles. The van der Waals surface area contributed by atoms with Gasteiger partial charge in [-0.1, -0.05) is 36.4 Å². The third-order valence-electron chi connectivity index (χ3n) is 3.90. The van der Waals surface area contributed by atoms with E-state index in [0.29, 0.717) is 6.07 Å². The van der Waals surface area contributed by atoms with Crippen molar-refractivity contribution < 1.29 is 18.3 Å². The van der Waals surface area contributed by atoms with Gasteiger partial charge in [-0.15, -0.1) is 0 Å². The number of amides is 1. The van der Waals surface area contributed by atoms with Crippen LogP contribution in [-0.4, -0.2) is 12.5 Å². The van der Waals surface area contributed by atoms with Crippen molar-refractivity contribution >= 4 is 16.7 Å². The molecule has 0 aliphatic rings. The van der Waals surface area contributed by atoms with Gasteiger partial charge >= 0.3 is 0 Å². The van der Waals surface area contributed by atoms with E-state index in [2.05, 4.69) is 5.32 Å². The second-order valence-corrected chi connectivity index (χ2v) is 5.76. The van der Waals surface area contributed by atoms with Gasteiger partial charge in [0, 0.05) is 6.07 Å². The number of halogens is 2. The minimum absolute atomic E-state index is 0.157. The fourth-order valence-electron chi connectivity index (χ4n) is 2.58. The Bertz CT molecular complexity index is 911. The molecule has 0 aliphatic carbocycles. The van der Waals surface area contributed by atoms with Gasteiger partial charge in [0.1, 0.15) is 5.82 Å². The lowest BCUT2D eigenvalue weighted by Crippen LogP contribution is -2.31. The first kappa shape index (κ1) is 16.9. The Morgan fingerprint density at radius 3 is 2.56 bits per heavy atom. The maximum atomic E-state index is 13.5. The molecule has 5 heteroatoms. The topological polar surface area (TPSA) is 38.3 Å². The molecule has 0 aliphatic heterocycles. The monoisotopic (exact) mass is 341 g/mol. The molecular formula is C20H17F2NO2. The largest absolute Gasteiger partial charge is 0.481 e. The van der Waals surface area contributed by atoms with E-state index in [1.807, 2.05) is 49.4 Å². The molecule has 1 atom stereocenters. The van der Waals surface area contributed by atoms with Gasteiger partial charge in [0.05, 0.1) is 6.04 Å². The number of ether oxygens (including phenoxy) is 1. The lowest BCUT2D eigenvalue weighted by molar-refractivity contribution is -0.123. The molecular weight excluding hydrogens is 324 g/mol. The standard InChI is InChI=1S/C20H17F2NO2/c1-13(15-7-6-14-4-2-3-5-16(14)10-15)23-20(24)12-25-19-9-8-17(21)11-18(19)22/h2-11,13H,12H2,1H3,(H,23,24).